The van der Waals surface area contributed by atoms with E-state index in [0.29, 0.717) is 37.9 Å². The predicted molar refractivity (Wildman–Crippen MR) is 134 cm³/mol. The fourth-order valence-corrected chi connectivity index (χ4v) is 4.15. The van der Waals surface area contributed by atoms with Crippen molar-refractivity contribution in [3.8, 4) is 11.5 Å². The predicted octanol–water partition coefficient (Wildman–Crippen LogP) is 2.80. The normalized spacial score (nSPS) is 15.7. The number of nitrogens with one attached hydrogen (secondary N) is 1. The number of amides is 1. The molecule has 2 bridgehead atoms. The van der Waals surface area contributed by atoms with Crippen LogP contribution in [-0.2, 0) is 23.1 Å². The van der Waals surface area contributed by atoms with Crippen LogP contribution in [0.4, 0.5) is 11.5 Å². The maximum absolute atomic E-state index is 12.7. The number of fused-ring (bicyclic) bond motifs is 2. The summed E-state index contributed by atoms with van der Waals surface area (Å²) in [5.74, 6) is 1.68. The molecule has 10 heteroatoms. The molecule has 0 atom stereocenters. The van der Waals surface area contributed by atoms with Gasteiger partial charge in [-0.2, -0.15) is 0 Å². The molecule has 3 heterocycles. The van der Waals surface area contributed by atoms with Crippen molar-refractivity contribution in [1.29, 1.82) is 0 Å². The Morgan fingerprint density at radius 3 is 2.83 bits per heavy atom. The number of aryl methyl sites for hydroxylation is 1. The van der Waals surface area contributed by atoms with E-state index in [1.807, 2.05) is 36.7 Å². The highest BCUT2D eigenvalue weighted by molar-refractivity contribution is 5.92. The van der Waals surface area contributed by atoms with Gasteiger partial charge in [0.05, 0.1) is 12.0 Å². The molecule has 0 fully saturated rings. The van der Waals surface area contributed by atoms with Crippen LogP contribution < -0.4 is 14.8 Å². The smallest absolute Gasteiger partial charge is 0.260 e. The van der Waals surface area contributed by atoms with Gasteiger partial charge < -0.3 is 33.9 Å². The highest BCUT2D eigenvalue weighted by Gasteiger charge is 2.18. The molecule has 0 aliphatic carbocycles. The second kappa shape index (κ2) is 11.4. The van der Waals surface area contributed by atoms with E-state index >= 15 is 0 Å². The minimum atomic E-state index is -0.0822. The maximum atomic E-state index is 12.7. The number of carbonyl (C=O) groups is 1. The first kappa shape index (κ1) is 24.7. The molecule has 4 rings (SSSR count). The lowest BCUT2D eigenvalue weighted by Crippen LogP contribution is -2.33. The van der Waals surface area contributed by atoms with E-state index in [-0.39, 0.29) is 12.5 Å². The number of benzene rings is 1. The number of carbonyl (C=O) groups excluding carboxylic acids is 1. The van der Waals surface area contributed by atoms with Gasteiger partial charge in [-0.15, -0.1) is 0 Å². The van der Waals surface area contributed by atoms with Crippen LogP contribution in [0.3, 0.4) is 0 Å². The van der Waals surface area contributed by atoms with E-state index in [0.717, 1.165) is 47.6 Å². The van der Waals surface area contributed by atoms with Gasteiger partial charge in [-0.05, 0) is 44.6 Å². The van der Waals surface area contributed by atoms with Crippen LogP contribution in [0, 0.1) is 0 Å². The summed E-state index contributed by atoms with van der Waals surface area (Å²) in [6.45, 7) is 5.60. The van der Waals surface area contributed by atoms with Crippen LogP contribution in [0.25, 0.3) is 11.0 Å². The highest BCUT2D eigenvalue weighted by atomic mass is 16.5. The molecule has 0 radical (unpaired) electrons. The Kier molecular flexibility index (Phi) is 8.04. The molecule has 10 nitrogen and oxygen atoms in total. The summed E-state index contributed by atoms with van der Waals surface area (Å²) < 4.78 is 19.2. The molecular weight excluding hydrogens is 448 g/mol. The number of anilines is 2. The zero-order chi connectivity index (χ0) is 24.8. The van der Waals surface area contributed by atoms with Gasteiger partial charge in [0.2, 0.25) is 0 Å². The SMILES string of the molecule is CCOCCOc1ccc2cc1OCC(=O)N(C)CCCN(C)Cc1cn(C)c3ncnc(c13)N2. The fourth-order valence-electron chi connectivity index (χ4n) is 4.15. The van der Waals surface area contributed by atoms with Crippen molar-refractivity contribution >= 4 is 28.4 Å². The first-order valence-electron chi connectivity index (χ1n) is 11.9. The minimum absolute atomic E-state index is 0.0712. The molecule has 35 heavy (non-hydrogen) atoms. The molecule has 188 valence electrons. The number of aromatic nitrogens is 3. The van der Waals surface area contributed by atoms with Gasteiger partial charge in [0, 0.05) is 51.7 Å². The van der Waals surface area contributed by atoms with E-state index < -0.39 is 0 Å². The zero-order valence-corrected chi connectivity index (χ0v) is 20.9. The summed E-state index contributed by atoms with van der Waals surface area (Å²) in [5.41, 5.74) is 2.77. The molecule has 1 aliphatic rings. The van der Waals surface area contributed by atoms with Gasteiger partial charge in [0.15, 0.2) is 18.1 Å². The first-order valence-corrected chi connectivity index (χ1v) is 11.9. The third-order valence-electron chi connectivity index (χ3n) is 5.98. The molecule has 0 spiro atoms. The van der Waals surface area contributed by atoms with Crippen LogP contribution in [0.15, 0.2) is 30.7 Å². The van der Waals surface area contributed by atoms with Crippen LogP contribution >= 0.6 is 0 Å². The Labute approximate surface area is 205 Å². The molecular formula is C25H34N6O4. The monoisotopic (exact) mass is 482 g/mol. The van der Waals surface area contributed by atoms with Crippen molar-refractivity contribution in [2.45, 2.75) is 19.9 Å². The Morgan fingerprint density at radius 1 is 1.14 bits per heavy atom. The molecule has 2 aromatic heterocycles. The summed E-state index contributed by atoms with van der Waals surface area (Å²) in [6.07, 6.45) is 4.52. The molecule has 0 saturated carbocycles. The molecule has 3 aromatic rings. The lowest BCUT2D eigenvalue weighted by atomic mass is 10.2. The standard InChI is InChI=1S/C25H34N6O4/c1-5-33-11-12-34-20-8-7-19-13-21(20)35-16-22(32)30(3)10-6-9-29(2)14-18-15-31(4)25-23(18)24(28-19)26-17-27-25/h7-8,13,15,17H,5-6,9-12,14,16H2,1-4H3,(H,26,27,28). The van der Waals surface area contributed by atoms with E-state index in [9.17, 15) is 4.79 Å². The van der Waals surface area contributed by atoms with Crippen molar-refractivity contribution in [1.82, 2.24) is 24.3 Å². The van der Waals surface area contributed by atoms with E-state index in [1.165, 1.54) is 0 Å². The second-order valence-electron chi connectivity index (χ2n) is 8.71. The van der Waals surface area contributed by atoms with E-state index in [2.05, 4.69) is 33.4 Å². The van der Waals surface area contributed by atoms with Crippen LogP contribution in [0.1, 0.15) is 18.9 Å². The van der Waals surface area contributed by atoms with Crippen LogP contribution in [0.5, 0.6) is 11.5 Å². The minimum Gasteiger partial charge on any atom is -0.487 e. The quantitative estimate of drug-likeness (QED) is 0.555. The van der Waals surface area contributed by atoms with Gasteiger partial charge in [0.25, 0.3) is 5.91 Å². The Bertz CT molecular complexity index is 1160. The number of rotatable bonds is 5. The summed E-state index contributed by atoms with van der Waals surface area (Å²) in [6, 6.07) is 5.57. The van der Waals surface area contributed by atoms with Crippen LogP contribution in [0.2, 0.25) is 0 Å². The topological polar surface area (TPSA) is 94.0 Å². The van der Waals surface area contributed by atoms with Gasteiger partial charge in [-0.1, -0.05) is 0 Å². The number of likely N-dealkylation sites (N-methyl/N-ethyl adjacent to an activating group) is 1. The number of hydrogen-bond acceptors (Lipinski definition) is 8. The summed E-state index contributed by atoms with van der Waals surface area (Å²) in [7, 11) is 5.88. The highest BCUT2D eigenvalue weighted by Crippen LogP contribution is 2.34. The number of ether oxygens (including phenoxy) is 3. The molecule has 1 aromatic carbocycles. The second-order valence-corrected chi connectivity index (χ2v) is 8.71. The third kappa shape index (κ3) is 6.01. The molecule has 1 aliphatic heterocycles. The largest absolute Gasteiger partial charge is 0.487 e. The van der Waals surface area contributed by atoms with Crippen LogP contribution in [-0.4, -0.2) is 83.9 Å². The maximum Gasteiger partial charge on any atom is 0.260 e. The average Bonchev–Trinajstić information content (AvgIpc) is 3.16. The Hall–Kier alpha value is -3.37. The van der Waals surface area contributed by atoms with Gasteiger partial charge >= 0.3 is 0 Å². The van der Waals surface area contributed by atoms with Gasteiger partial charge in [-0.3, -0.25) is 4.79 Å². The number of hydrogen-bond donors (Lipinski definition) is 1. The van der Waals surface area contributed by atoms with E-state index in [1.54, 1.807) is 18.3 Å². The van der Waals surface area contributed by atoms with Gasteiger partial charge in [-0.25, -0.2) is 9.97 Å². The van der Waals surface area contributed by atoms with Crippen molar-refractivity contribution in [3.05, 3.63) is 36.3 Å². The lowest BCUT2D eigenvalue weighted by Gasteiger charge is -2.22. The van der Waals surface area contributed by atoms with Crippen molar-refractivity contribution in [3.63, 3.8) is 0 Å². The van der Waals surface area contributed by atoms with Gasteiger partial charge in [0.1, 0.15) is 24.4 Å². The zero-order valence-electron chi connectivity index (χ0n) is 20.9. The molecule has 0 saturated heterocycles. The summed E-state index contributed by atoms with van der Waals surface area (Å²) in [5, 5.41) is 4.41. The summed E-state index contributed by atoms with van der Waals surface area (Å²) in [4.78, 5) is 25.7. The number of nitrogens with zero attached hydrogens (tertiary/aromatic N) is 5. The van der Waals surface area contributed by atoms with Crippen molar-refractivity contribution < 1.29 is 19.0 Å². The summed E-state index contributed by atoms with van der Waals surface area (Å²) >= 11 is 0. The average molecular weight is 483 g/mol. The Morgan fingerprint density at radius 2 is 2.00 bits per heavy atom. The fraction of sp³-hybridized carbons (Fsp3) is 0.480. The molecule has 0 unspecified atom stereocenters. The van der Waals surface area contributed by atoms with Crippen molar-refractivity contribution in [2.24, 2.45) is 7.05 Å². The third-order valence-corrected chi connectivity index (χ3v) is 5.98. The van der Waals surface area contributed by atoms with Crippen molar-refractivity contribution in [2.75, 3.05) is 58.9 Å². The molecule has 1 amide bonds. The first-order chi connectivity index (χ1) is 17.0. The lowest BCUT2D eigenvalue weighted by molar-refractivity contribution is -0.132. The molecule has 1 N–H and O–H groups in total. The van der Waals surface area contributed by atoms with E-state index in [4.69, 9.17) is 14.2 Å². The Balaban J connectivity index is 1.70.